The summed E-state index contributed by atoms with van der Waals surface area (Å²) in [5.74, 6) is 1.54. The van der Waals surface area contributed by atoms with Gasteiger partial charge in [0.25, 0.3) is 0 Å². The third-order valence-corrected chi connectivity index (χ3v) is 3.06. The van der Waals surface area contributed by atoms with Crippen molar-refractivity contribution < 1.29 is 0 Å². The highest BCUT2D eigenvalue weighted by Crippen LogP contribution is 2.15. The van der Waals surface area contributed by atoms with Gasteiger partial charge in [-0.1, -0.05) is 40.5 Å². The van der Waals surface area contributed by atoms with E-state index in [2.05, 4.69) is 27.7 Å². The normalized spacial score (nSPS) is 17.3. The van der Waals surface area contributed by atoms with Crippen molar-refractivity contribution in [3.8, 4) is 0 Å². The van der Waals surface area contributed by atoms with Crippen molar-refractivity contribution in [3.63, 3.8) is 0 Å². The van der Waals surface area contributed by atoms with Crippen LogP contribution in [0.2, 0.25) is 0 Å². The maximum atomic E-state index is 6.03. The van der Waals surface area contributed by atoms with Crippen LogP contribution in [0.15, 0.2) is 0 Å². The molecule has 0 rings (SSSR count). The zero-order valence-electron chi connectivity index (χ0n) is 9.84. The number of nitrogens with two attached hydrogens (primary N) is 1. The largest absolute Gasteiger partial charge is 0.344 e. The van der Waals surface area contributed by atoms with Gasteiger partial charge in [-0.15, -0.1) is 0 Å². The van der Waals surface area contributed by atoms with Crippen LogP contribution in [-0.4, -0.2) is 6.04 Å². The Bertz CT molecular complexity index is 104. The Morgan fingerprint density at radius 2 is 1.54 bits per heavy atom. The molecule has 0 saturated carbocycles. The first-order valence-corrected chi connectivity index (χ1v) is 5.37. The Hall–Kier alpha value is -0.0800. The molecule has 2 nitrogen and oxygen atoms in total. The van der Waals surface area contributed by atoms with Gasteiger partial charge in [-0.2, -0.15) is 0 Å². The Kier molecular flexibility index (Phi) is 10.1. The van der Waals surface area contributed by atoms with E-state index >= 15 is 0 Å². The third kappa shape index (κ3) is 7.03. The molecule has 0 aliphatic rings. The van der Waals surface area contributed by atoms with E-state index in [1.54, 1.807) is 0 Å². The van der Waals surface area contributed by atoms with Crippen LogP contribution in [0, 0.1) is 11.8 Å². The Morgan fingerprint density at radius 1 is 1.00 bits per heavy atom. The molecule has 13 heavy (non-hydrogen) atoms. The summed E-state index contributed by atoms with van der Waals surface area (Å²) in [6.07, 6.45) is 4.99. The summed E-state index contributed by atoms with van der Waals surface area (Å²) in [7, 11) is 0. The first-order chi connectivity index (χ1) is 5.61. The van der Waals surface area contributed by atoms with Gasteiger partial charge >= 0.3 is 0 Å². The monoisotopic (exact) mass is 188 g/mol. The van der Waals surface area contributed by atoms with E-state index in [4.69, 9.17) is 5.73 Å². The van der Waals surface area contributed by atoms with E-state index in [1.165, 1.54) is 25.7 Å². The highest BCUT2D eigenvalue weighted by atomic mass is 14.6. The molecule has 3 atom stereocenters. The van der Waals surface area contributed by atoms with Gasteiger partial charge in [-0.25, -0.2) is 0 Å². The first kappa shape index (κ1) is 15.4. The molecule has 0 heterocycles. The second kappa shape index (κ2) is 8.52. The molecular formula is C11H28N2. The molecular weight excluding hydrogens is 160 g/mol. The van der Waals surface area contributed by atoms with E-state index in [-0.39, 0.29) is 6.15 Å². The lowest BCUT2D eigenvalue weighted by Crippen LogP contribution is -2.28. The SMILES string of the molecule is CCC(C)CCC(N)C(C)CC.N. The quantitative estimate of drug-likeness (QED) is 0.671. The van der Waals surface area contributed by atoms with Crippen molar-refractivity contribution >= 4 is 0 Å². The van der Waals surface area contributed by atoms with E-state index in [0.29, 0.717) is 12.0 Å². The third-order valence-electron chi connectivity index (χ3n) is 3.06. The summed E-state index contributed by atoms with van der Waals surface area (Å²) in [4.78, 5) is 0. The van der Waals surface area contributed by atoms with Crippen molar-refractivity contribution in [3.05, 3.63) is 0 Å². The lowest BCUT2D eigenvalue weighted by molar-refractivity contribution is 0.376. The number of hydrogen-bond acceptors (Lipinski definition) is 2. The maximum absolute atomic E-state index is 6.03. The summed E-state index contributed by atoms with van der Waals surface area (Å²) in [5.41, 5.74) is 6.03. The minimum Gasteiger partial charge on any atom is -0.344 e. The number of hydrogen-bond donors (Lipinski definition) is 2. The summed E-state index contributed by atoms with van der Waals surface area (Å²) in [6, 6.07) is 0.420. The summed E-state index contributed by atoms with van der Waals surface area (Å²) >= 11 is 0. The van der Waals surface area contributed by atoms with Gasteiger partial charge < -0.3 is 11.9 Å². The standard InChI is InChI=1S/C11H25N.H3N/c1-5-9(3)7-8-11(12)10(4)6-2;/h9-11H,5-8,12H2,1-4H3;1H3. The molecule has 0 aromatic carbocycles. The first-order valence-electron chi connectivity index (χ1n) is 5.37. The molecule has 3 unspecified atom stereocenters. The molecule has 0 aromatic rings. The minimum atomic E-state index is 0. The van der Waals surface area contributed by atoms with Crippen LogP contribution in [0.3, 0.4) is 0 Å². The van der Waals surface area contributed by atoms with Crippen LogP contribution >= 0.6 is 0 Å². The Morgan fingerprint density at radius 3 is 1.92 bits per heavy atom. The lowest BCUT2D eigenvalue weighted by atomic mass is 9.92. The minimum absolute atomic E-state index is 0. The van der Waals surface area contributed by atoms with E-state index in [1.807, 2.05) is 0 Å². The van der Waals surface area contributed by atoms with Gasteiger partial charge in [-0.3, -0.25) is 0 Å². The van der Waals surface area contributed by atoms with Crippen LogP contribution in [0.5, 0.6) is 0 Å². The summed E-state index contributed by atoms with van der Waals surface area (Å²) < 4.78 is 0. The average Bonchev–Trinajstić information content (AvgIpc) is 2.11. The van der Waals surface area contributed by atoms with Gasteiger partial charge in [0.05, 0.1) is 0 Å². The zero-order valence-corrected chi connectivity index (χ0v) is 9.84. The van der Waals surface area contributed by atoms with Crippen molar-refractivity contribution in [2.75, 3.05) is 0 Å². The predicted octanol–water partition coefficient (Wildman–Crippen LogP) is 3.35. The van der Waals surface area contributed by atoms with Crippen molar-refractivity contribution in [1.82, 2.24) is 6.15 Å². The van der Waals surface area contributed by atoms with E-state index in [0.717, 1.165) is 5.92 Å². The highest BCUT2D eigenvalue weighted by molar-refractivity contribution is 4.68. The van der Waals surface area contributed by atoms with Gasteiger partial charge in [0.1, 0.15) is 0 Å². The lowest BCUT2D eigenvalue weighted by Gasteiger charge is -2.19. The molecule has 0 aliphatic carbocycles. The molecule has 0 fully saturated rings. The van der Waals surface area contributed by atoms with E-state index in [9.17, 15) is 0 Å². The van der Waals surface area contributed by atoms with Crippen molar-refractivity contribution in [2.24, 2.45) is 17.6 Å². The van der Waals surface area contributed by atoms with E-state index < -0.39 is 0 Å². The summed E-state index contributed by atoms with van der Waals surface area (Å²) in [5, 5.41) is 0. The second-order valence-electron chi connectivity index (χ2n) is 4.14. The van der Waals surface area contributed by atoms with Gasteiger partial charge in [-0.05, 0) is 24.7 Å². The van der Waals surface area contributed by atoms with Gasteiger partial charge in [0, 0.05) is 6.04 Å². The fourth-order valence-electron chi connectivity index (χ4n) is 1.27. The molecule has 0 aliphatic heterocycles. The van der Waals surface area contributed by atoms with Crippen LogP contribution in [0.4, 0.5) is 0 Å². The molecule has 0 radical (unpaired) electrons. The van der Waals surface area contributed by atoms with Crippen LogP contribution in [0.1, 0.15) is 53.4 Å². The molecule has 5 N–H and O–H groups in total. The topological polar surface area (TPSA) is 61.0 Å². The second-order valence-corrected chi connectivity index (χ2v) is 4.14. The van der Waals surface area contributed by atoms with Gasteiger partial charge in [0.15, 0.2) is 0 Å². The van der Waals surface area contributed by atoms with Crippen LogP contribution in [0.25, 0.3) is 0 Å². The smallest absolute Gasteiger partial charge is 0.00645 e. The Balaban J connectivity index is 0. The van der Waals surface area contributed by atoms with Crippen LogP contribution < -0.4 is 11.9 Å². The maximum Gasteiger partial charge on any atom is 0.00645 e. The number of rotatable bonds is 6. The highest BCUT2D eigenvalue weighted by Gasteiger charge is 2.11. The molecule has 0 bridgehead atoms. The molecule has 0 spiro atoms. The Labute approximate surface area is 83.9 Å². The molecule has 0 aromatic heterocycles. The molecule has 82 valence electrons. The fraction of sp³-hybridized carbons (Fsp3) is 1.00. The fourth-order valence-corrected chi connectivity index (χ4v) is 1.27. The zero-order chi connectivity index (χ0) is 9.56. The average molecular weight is 188 g/mol. The predicted molar refractivity (Wildman–Crippen MR) is 61.1 cm³/mol. The van der Waals surface area contributed by atoms with Gasteiger partial charge in [0.2, 0.25) is 0 Å². The summed E-state index contributed by atoms with van der Waals surface area (Å²) in [6.45, 7) is 9.03. The van der Waals surface area contributed by atoms with Crippen LogP contribution in [-0.2, 0) is 0 Å². The molecule has 0 saturated heterocycles. The van der Waals surface area contributed by atoms with Crippen molar-refractivity contribution in [2.45, 2.75) is 59.4 Å². The molecule has 2 heteroatoms. The molecule has 0 amide bonds. The van der Waals surface area contributed by atoms with Crippen molar-refractivity contribution in [1.29, 1.82) is 0 Å².